The summed E-state index contributed by atoms with van der Waals surface area (Å²) in [5.41, 5.74) is 0.677. The second kappa shape index (κ2) is 7.04. The van der Waals surface area contributed by atoms with E-state index in [-0.39, 0.29) is 6.04 Å². The smallest absolute Gasteiger partial charge is 0.133 e. The fourth-order valence-electron chi connectivity index (χ4n) is 3.48. The fraction of sp³-hybridized carbons (Fsp3) is 0.474. The van der Waals surface area contributed by atoms with Crippen molar-refractivity contribution in [1.29, 1.82) is 0 Å². The third-order valence-corrected chi connectivity index (χ3v) is 4.80. The number of anilines is 1. The van der Waals surface area contributed by atoms with E-state index in [0.29, 0.717) is 18.0 Å². The Morgan fingerprint density at radius 1 is 1.12 bits per heavy atom. The van der Waals surface area contributed by atoms with E-state index < -0.39 is 11.6 Å². The molecule has 6 heteroatoms. The molecule has 1 N–H and O–H groups in total. The molecule has 4 nitrogen and oxygen atoms in total. The first kappa shape index (κ1) is 16.4. The van der Waals surface area contributed by atoms with Crippen molar-refractivity contribution in [2.75, 3.05) is 18.4 Å². The van der Waals surface area contributed by atoms with Crippen LogP contribution < -0.4 is 5.32 Å². The number of hydrogen-bond donors (Lipinski definition) is 1. The molecule has 2 fully saturated rings. The highest BCUT2D eigenvalue weighted by atomic mass is 19.1. The van der Waals surface area contributed by atoms with Crippen molar-refractivity contribution in [3.63, 3.8) is 0 Å². The van der Waals surface area contributed by atoms with Crippen molar-refractivity contribution < 1.29 is 8.78 Å². The minimum Gasteiger partial charge on any atom is -0.366 e. The molecular formula is C19H22F2N4. The highest BCUT2D eigenvalue weighted by molar-refractivity contribution is 5.35. The van der Waals surface area contributed by atoms with Gasteiger partial charge in [-0.05, 0) is 56.0 Å². The van der Waals surface area contributed by atoms with Gasteiger partial charge in [0.15, 0.2) is 0 Å². The summed E-state index contributed by atoms with van der Waals surface area (Å²) in [4.78, 5) is 11.2. The first-order valence-electron chi connectivity index (χ1n) is 8.92. The zero-order valence-electron chi connectivity index (χ0n) is 14.1. The normalized spacial score (nSPS) is 21.3. The lowest BCUT2D eigenvalue weighted by Crippen LogP contribution is -2.41. The second-order valence-corrected chi connectivity index (χ2v) is 7.07. The van der Waals surface area contributed by atoms with Gasteiger partial charge < -0.3 is 5.32 Å². The SMILES string of the molecule is Fc1cc(F)cc(CN2CCCC(Nc3ccnc(C4CC4)n3)C2)c1. The molecule has 0 amide bonds. The predicted octanol–water partition coefficient (Wildman–Crippen LogP) is 3.71. The van der Waals surface area contributed by atoms with Crippen molar-refractivity contribution in [1.82, 2.24) is 14.9 Å². The maximum absolute atomic E-state index is 13.4. The lowest BCUT2D eigenvalue weighted by Gasteiger charge is -2.33. The molecule has 0 bridgehead atoms. The lowest BCUT2D eigenvalue weighted by molar-refractivity contribution is 0.208. The van der Waals surface area contributed by atoms with E-state index in [1.165, 1.54) is 25.0 Å². The van der Waals surface area contributed by atoms with Gasteiger partial charge in [-0.2, -0.15) is 0 Å². The average Bonchev–Trinajstić information content (AvgIpc) is 3.39. The molecule has 1 aromatic heterocycles. The van der Waals surface area contributed by atoms with Gasteiger partial charge in [0.2, 0.25) is 0 Å². The lowest BCUT2D eigenvalue weighted by atomic mass is 10.0. The van der Waals surface area contributed by atoms with Gasteiger partial charge in [-0.25, -0.2) is 18.7 Å². The van der Waals surface area contributed by atoms with Crippen LogP contribution in [0.3, 0.4) is 0 Å². The van der Waals surface area contributed by atoms with Crippen LogP contribution in [0.5, 0.6) is 0 Å². The molecule has 25 heavy (non-hydrogen) atoms. The van der Waals surface area contributed by atoms with Gasteiger partial charge in [-0.3, -0.25) is 4.90 Å². The van der Waals surface area contributed by atoms with Crippen molar-refractivity contribution in [2.24, 2.45) is 0 Å². The van der Waals surface area contributed by atoms with E-state index in [9.17, 15) is 8.78 Å². The number of rotatable bonds is 5. The molecule has 1 aliphatic carbocycles. The maximum Gasteiger partial charge on any atom is 0.133 e. The highest BCUT2D eigenvalue weighted by Gasteiger charge is 2.27. The van der Waals surface area contributed by atoms with Crippen molar-refractivity contribution in [3.05, 3.63) is 53.5 Å². The Kier molecular flexibility index (Phi) is 4.61. The maximum atomic E-state index is 13.4. The number of hydrogen-bond acceptors (Lipinski definition) is 4. The van der Waals surface area contributed by atoms with Gasteiger partial charge in [0, 0.05) is 37.3 Å². The van der Waals surface area contributed by atoms with Crippen LogP contribution in [-0.2, 0) is 6.54 Å². The third-order valence-electron chi connectivity index (χ3n) is 4.80. The van der Waals surface area contributed by atoms with Gasteiger partial charge in [-0.15, -0.1) is 0 Å². The first-order chi connectivity index (χ1) is 12.2. The van der Waals surface area contributed by atoms with E-state index in [4.69, 9.17) is 0 Å². The molecule has 1 aromatic carbocycles. The van der Waals surface area contributed by atoms with E-state index in [1.807, 2.05) is 12.3 Å². The molecule has 132 valence electrons. The summed E-state index contributed by atoms with van der Waals surface area (Å²) in [7, 11) is 0. The minimum atomic E-state index is -0.518. The van der Waals surface area contributed by atoms with E-state index in [1.54, 1.807) is 0 Å². The van der Waals surface area contributed by atoms with Crippen LogP contribution in [-0.4, -0.2) is 34.0 Å². The number of likely N-dealkylation sites (tertiary alicyclic amines) is 1. The zero-order valence-corrected chi connectivity index (χ0v) is 14.1. The molecule has 4 rings (SSSR count). The van der Waals surface area contributed by atoms with Crippen LogP contribution in [0.4, 0.5) is 14.6 Å². The van der Waals surface area contributed by atoms with E-state index >= 15 is 0 Å². The number of benzene rings is 1. The van der Waals surface area contributed by atoms with Crippen LogP contribution in [0.25, 0.3) is 0 Å². The van der Waals surface area contributed by atoms with Gasteiger partial charge >= 0.3 is 0 Å². The largest absolute Gasteiger partial charge is 0.366 e. The Hall–Kier alpha value is -2.08. The summed E-state index contributed by atoms with van der Waals surface area (Å²) in [5.74, 6) is 1.31. The molecule has 0 spiro atoms. The van der Waals surface area contributed by atoms with Crippen LogP contribution in [0.2, 0.25) is 0 Å². The number of halogens is 2. The number of aromatic nitrogens is 2. The Morgan fingerprint density at radius 2 is 1.92 bits per heavy atom. The van der Waals surface area contributed by atoms with Gasteiger partial charge in [-0.1, -0.05) is 0 Å². The molecule has 1 saturated heterocycles. The second-order valence-electron chi connectivity index (χ2n) is 7.07. The quantitative estimate of drug-likeness (QED) is 0.898. The molecule has 1 aliphatic heterocycles. The number of nitrogens with zero attached hydrogens (tertiary/aromatic N) is 3. The summed E-state index contributed by atoms with van der Waals surface area (Å²) in [6.07, 6.45) is 6.31. The summed E-state index contributed by atoms with van der Waals surface area (Å²) in [6, 6.07) is 5.93. The van der Waals surface area contributed by atoms with Gasteiger partial charge in [0.25, 0.3) is 0 Å². The number of nitrogens with one attached hydrogen (secondary N) is 1. The van der Waals surface area contributed by atoms with Crippen molar-refractivity contribution in [2.45, 2.75) is 44.2 Å². The molecule has 2 aliphatic rings. The van der Waals surface area contributed by atoms with Gasteiger partial charge in [0.1, 0.15) is 23.3 Å². The molecule has 1 saturated carbocycles. The van der Waals surface area contributed by atoms with Crippen molar-refractivity contribution >= 4 is 5.82 Å². The number of piperidine rings is 1. The molecule has 2 aromatic rings. The summed E-state index contributed by atoms with van der Waals surface area (Å²) in [5, 5.41) is 3.50. The van der Waals surface area contributed by atoms with Crippen molar-refractivity contribution in [3.8, 4) is 0 Å². The summed E-state index contributed by atoms with van der Waals surface area (Å²) in [6.45, 7) is 2.33. The summed E-state index contributed by atoms with van der Waals surface area (Å²) >= 11 is 0. The standard InChI is InChI=1S/C19H22F2N4/c20-15-8-13(9-16(21)10-15)11-25-7-1-2-17(12-25)23-18-5-6-22-19(24-18)14-3-4-14/h5-6,8-10,14,17H,1-4,7,11-12H2,(H,22,23,24). The molecule has 1 unspecified atom stereocenters. The predicted molar refractivity (Wildman–Crippen MR) is 92.3 cm³/mol. The molecule has 2 heterocycles. The van der Waals surface area contributed by atoms with E-state index in [0.717, 1.165) is 43.6 Å². The van der Waals surface area contributed by atoms with Gasteiger partial charge in [0.05, 0.1) is 0 Å². The van der Waals surface area contributed by atoms with Crippen LogP contribution >= 0.6 is 0 Å². The Balaban J connectivity index is 1.38. The Morgan fingerprint density at radius 3 is 2.68 bits per heavy atom. The topological polar surface area (TPSA) is 41.0 Å². The Bertz CT molecular complexity index is 728. The highest BCUT2D eigenvalue weighted by Crippen LogP contribution is 2.38. The Labute approximate surface area is 146 Å². The minimum absolute atomic E-state index is 0.286. The third kappa shape index (κ3) is 4.31. The van der Waals surface area contributed by atoms with Crippen LogP contribution in [0.1, 0.15) is 43.0 Å². The van der Waals surface area contributed by atoms with E-state index in [2.05, 4.69) is 20.2 Å². The van der Waals surface area contributed by atoms with Crippen LogP contribution in [0.15, 0.2) is 30.5 Å². The van der Waals surface area contributed by atoms with Crippen LogP contribution in [0, 0.1) is 11.6 Å². The zero-order chi connectivity index (χ0) is 17.2. The molecule has 0 radical (unpaired) electrons. The average molecular weight is 344 g/mol. The molecular weight excluding hydrogens is 322 g/mol. The first-order valence-corrected chi connectivity index (χ1v) is 8.92. The summed E-state index contributed by atoms with van der Waals surface area (Å²) < 4.78 is 26.7. The monoisotopic (exact) mass is 344 g/mol. The molecule has 1 atom stereocenters. The fourth-order valence-corrected chi connectivity index (χ4v) is 3.48.